The molecule has 1 aromatic carbocycles. The van der Waals surface area contributed by atoms with Gasteiger partial charge in [-0.1, -0.05) is 0 Å². The Hall–Kier alpha value is -1.93. The van der Waals surface area contributed by atoms with Crippen LogP contribution in [0.15, 0.2) is 18.2 Å². The van der Waals surface area contributed by atoms with Crippen molar-refractivity contribution in [1.82, 2.24) is 0 Å². The lowest BCUT2D eigenvalue weighted by atomic mass is 10.1. The number of carbonyl (C=O) groups excluding carboxylic acids is 1. The fourth-order valence-corrected chi connectivity index (χ4v) is 0.878. The fourth-order valence-electron chi connectivity index (χ4n) is 0.878. The number of aliphatic hydroxyl groups is 1. The second-order valence-electron chi connectivity index (χ2n) is 3.71. The highest BCUT2D eigenvalue weighted by molar-refractivity contribution is 5.80. The molecule has 1 N–H and O–H groups in total. The Kier molecular flexibility index (Phi) is 3.25. The van der Waals surface area contributed by atoms with Gasteiger partial charge in [-0.05, 0) is 32.0 Å². The van der Waals surface area contributed by atoms with Crippen molar-refractivity contribution in [3.8, 4) is 11.8 Å². The summed E-state index contributed by atoms with van der Waals surface area (Å²) in [4.78, 5) is 11.2. The molecule has 0 amide bonds. The molecule has 84 valence electrons. The Balaban J connectivity index is 2.92. The number of ether oxygens (including phenoxy) is 1. The maximum absolute atomic E-state index is 13.3. The van der Waals surface area contributed by atoms with E-state index in [-0.39, 0.29) is 11.3 Å². The molecule has 0 aliphatic carbocycles. The first kappa shape index (κ1) is 12.1. The standard InChI is InChI=1S/C11H10FNO3/c1-11(2,15)10(14)16-9-4-3-7(6-13)5-8(9)12/h3-5,15H,1-2H3. The molecule has 0 fully saturated rings. The highest BCUT2D eigenvalue weighted by Crippen LogP contribution is 2.19. The second-order valence-corrected chi connectivity index (χ2v) is 3.71. The first-order valence-electron chi connectivity index (χ1n) is 4.49. The quantitative estimate of drug-likeness (QED) is 0.607. The van der Waals surface area contributed by atoms with E-state index < -0.39 is 17.4 Å². The average molecular weight is 223 g/mol. The fraction of sp³-hybridized carbons (Fsp3) is 0.273. The lowest BCUT2D eigenvalue weighted by Crippen LogP contribution is -2.35. The third kappa shape index (κ3) is 2.78. The maximum Gasteiger partial charge on any atom is 0.343 e. The first-order chi connectivity index (χ1) is 7.34. The number of esters is 1. The zero-order valence-electron chi connectivity index (χ0n) is 8.82. The number of nitriles is 1. The minimum Gasteiger partial charge on any atom is -0.421 e. The average Bonchev–Trinajstić information content (AvgIpc) is 2.19. The molecule has 16 heavy (non-hydrogen) atoms. The molecule has 0 saturated heterocycles. The number of halogens is 1. The molecular formula is C11H10FNO3. The van der Waals surface area contributed by atoms with Crippen LogP contribution in [0.5, 0.6) is 5.75 Å². The van der Waals surface area contributed by atoms with E-state index in [2.05, 4.69) is 4.74 Å². The van der Waals surface area contributed by atoms with Gasteiger partial charge >= 0.3 is 5.97 Å². The van der Waals surface area contributed by atoms with Crippen molar-refractivity contribution in [2.75, 3.05) is 0 Å². The van der Waals surface area contributed by atoms with E-state index in [1.54, 1.807) is 6.07 Å². The summed E-state index contributed by atoms with van der Waals surface area (Å²) in [7, 11) is 0. The number of nitrogens with zero attached hydrogens (tertiary/aromatic N) is 1. The highest BCUT2D eigenvalue weighted by atomic mass is 19.1. The van der Waals surface area contributed by atoms with E-state index in [4.69, 9.17) is 5.26 Å². The van der Waals surface area contributed by atoms with Gasteiger partial charge in [-0.15, -0.1) is 0 Å². The molecule has 0 bridgehead atoms. The minimum atomic E-state index is -1.69. The van der Waals surface area contributed by atoms with Crippen LogP contribution in [0.2, 0.25) is 0 Å². The van der Waals surface area contributed by atoms with Crippen molar-refractivity contribution in [3.05, 3.63) is 29.6 Å². The normalized spacial score (nSPS) is 10.7. The van der Waals surface area contributed by atoms with Crippen molar-refractivity contribution in [3.63, 3.8) is 0 Å². The van der Waals surface area contributed by atoms with E-state index in [9.17, 15) is 14.3 Å². The second kappa shape index (κ2) is 4.29. The summed E-state index contributed by atoms with van der Waals surface area (Å²) in [5.74, 6) is -2.10. The number of carbonyl (C=O) groups is 1. The van der Waals surface area contributed by atoms with Crippen LogP contribution in [0.4, 0.5) is 4.39 Å². The van der Waals surface area contributed by atoms with Gasteiger partial charge in [0.15, 0.2) is 17.2 Å². The van der Waals surface area contributed by atoms with Crippen molar-refractivity contribution in [1.29, 1.82) is 5.26 Å². The Morgan fingerprint density at radius 1 is 1.56 bits per heavy atom. The van der Waals surface area contributed by atoms with Gasteiger partial charge in [0.05, 0.1) is 11.6 Å². The molecule has 0 heterocycles. The predicted octanol–water partition coefficient (Wildman–Crippen LogP) is 1.37. The number of hydrogen-bond donors (Lipinski definition) is 1. The van der Waals surface area contributed by atoms with Crippen LogP contribution in [0.3, 0.4) is 0 Å². The Labute approximate surface area is 91.9 Å². The van der Waals surface area contributed by atoms with Crippen LogP contribution < -0.4 is 4.74 Å². The molecular weight excluding hydrogens is 213 g/mol. The summed E-state index contributed by atoms with van der Waals surface area (Å²) in [6.45, 7) is 2.47. The van der Waals surface area contributed by atoms with E-state index in [1.807, 2.05) is 0 Å². The summed E-state index contributed by atoms with van der Waals surface area (Å²) < 4.78 is 17.9. The third-order valence-electron chi connectivity index (χ3n) is 1.76. The molecule has 0 aromatic heterocycles. The Morgan fingerprint density at radius 3 is 2.62 bits per heavy atom. The lowest BCUT2D eigenvalue weighted by molar-refractivity contribution is -0.151. The lowest BCUT2D eigenvalue weighted by Gasteiger charge is -2.15. The summed E-state index contributed by atoms with van der Waals surface area (Å²) in [5.41, 5.74) is -1.57. The molecule has 0 atom stereocenters. The van der Waals surface area contributed by atoms with Gasteiger partial charge in [0.2, 0.25) is 0 Å². The van der Waals surface area contributed by atoms with Crippen LogP contribution in [-0.2, 0) is 4.79 Å². The van der Waals surface area contributed by atoms with Crippen molar-refractivity contribution in [2.45, 2.75) is 19.4 Å². The Morgan fingerprint density at radius 2 is 2.19 bits per heavy atom. The van der Waals surface area contributed by atoms with Crippen molar-refractivity contribution >= 4 is 5.97 Å². The van der Waals surface area contributed by atoms with Crippen LogP contribution in [0.25, 0.3) is 0 Å². The van der Waals surface area contributed by atoms with E-state index in [0.717, 1.165) is 12.1 Å². The van der Waals surface area contributed by atoms with Gasteiger partial charge in [-0.3, -0.25) is 0 Å². The molecule has 5 heteroatoms. The van der Waals surface area contributed by atoms with Crippen LogP contribution in [0.1, 0.15) is 19.4 Å². The first-order valence-corrected chi connectivity index (χ1v) is 4.49. The van der Waals surface area contributed by atoms with Gasteiger partial charge in [0, 0.05) is 0 Å². The van der Waals surface area contributed by atoms with E-state index in [1.165, 1.54) is 19.9 Å². The minimum absolute atomic E-state index is 0.126. The van der Waals surface area contributed by atoms with Gasteiger partial charge in [0.1, 0.15) is 0 Å². The molecule has 0 unspecified atom stereocenters. The number of rotatable bonds is 2. The smallest absolute Gasteiger partial charge is 0.343 e. The van der Waals surface area contributed by atoms with Gasteiger partial charge in [-0.2, -0.15) is 5.26 Å². The van der Waals surface area contributed by atoms with Gasteiger partial charge < -0.3 is 9.84 Å². The zero-order chi connectivity index (χ0) is 12.3. The molecule has 0 spiro atoms. The zero-order valence-corrected chi connectivity index (χ0v) is 8.82. The molecule has 4 nitrogen and oxygen atoms in total. The number of hydrogen-bond acceptors (Lipinski definition) is 4. The SMILES string of the molecule is CC(C)(O)C(=O)Oc1ccc(C#N)cc1F. The summed E-state index contributed by atoms with van der Waals surface area (Å²) in [6.07, 6.45) is 0. The predicted molar refractivity (Wildman–Crippen MR) is 53.0 cm³/mol. The van der Waals surface area contributed by atoms with Crippen LogP contribution >= 0.6 is 0 Å². The van der Waals surface area contributed by atoms with Gasteiger partial charge in [0.25, 0.3) is 0 Å². The molecule has 1 rings (SSSR count). The molecule has 0 radical (unpaired) electrons. The maximum atomic E-state index is 13.3. The van der Waals surface area contributed by atoms with Crippen molar-refractivity contribution < 1.29 is 19.0 Å². The van der Waals surface area contributed by atoms with E-state index in [0.29, 0.717) is 0 Å². The summed E-state index contributed by atoms with van der Waals surface area (Å²) in [5, 5.41) is 17.8. The molecule has 0 aliphatic rings. The van der Waals surface area contributed by atoms with Crippen molar-refractivity contribution in [2.24, 2.45) is 0 Å². The van der Waals surface area contributed by atoms with Crippen LogP contribution in [0, 0.1) is 17.1 Å². The monoisotopic (exact) mass is 223 g/mol. The topological polar surface area (TPSA) is 70.3 Å². The molecule has 0 aliphatic heterocycles. The van der Waals surface area contributed by atoms with Gasteiger partial charge in [-0.25, -0.2) is 9.18 Å². The molecule has 1 aromatic rings. The third-order valence-corrected chi connectivity index (χ3v) is 1.76. The number of benzene rings is 1. The molecule has 0 saturated carbocycles. The highest BCUT2D eigenvalue weighted by Gasteiger charge is 2.27. The largest absolute Gasteiger partial charge is 0.421 e. The summed E-state index contributed by atoms with van der Waals surface area (Å²) in [6, 6.07) is 5.18. The van der Waals surface area contributed by atoms with E-state index >= 15 is 0 Å². The summed E-state index contributed by atoms with van der Waals surface area (Å²) >= 11 is 0. The van der Waals surface area contributed by atoms with Crippen LogP contribution in [-0.4, -0.2) is 16.7 Å². The Bertz CT molecular complexity index is 457.